The number of halogens is 1. The zero-order valence-electron chi connectivity index (χ0n) is 13.1. The van der Waals surface area contributed by atoms with Gasteiger partial charge in [-0.05, 0) is 37.1 Å². The fourth-order valence-corrected chi connectivity index (χ4v) is 2.46. The minimum Gasteiger partial charge on any atom is -0.493 e. The van der Waals surface area contributed by atoms with Crippen LogP contribution in [0.5, 0.6) is 11.5 Å². The molecule has 0 aliphatic carbocycles. The molecule has 0 amide bonds. The lowest BCUT2D eigenvalue weighted by molar-refractivity contribution is 0.310. The normalized spacial score (nSPS) is 10.5. The Morgan fingerprint density at radius 1 is 1.09 bits per heavy atom. The standard InChI is InChI=1S/C18H22ClNO2/c1-3-22-18-12-16(19)15(11-17(18)21-2)13-20-10-9-14-7-5-4-6-8-14/h4-8,11-12,20H,3,9-10,13H2,1-2H3. The van der Waals surface area contributed by atoms with Crippen molar-refractivity contribution in [2.45, 2.75) is 19.9 Å². The molecule has 0 spiro atoms. The van der Waals surface area contributed by atoms with Gasteiger partial charge in [0.2, 0.25) is 0 Å². The van der Waals surface area contributed by atoms with E-state index in [2.05, 4.69) is 29.6 Å². The minimum atomic E-state index is 0.585. The van der Waals surface area contributed by atoms with Crippen LogP contribution in [0, 0.1) is 0 Å². The van der Waals surface area contributed by atoms with Crippen molar-refractivity contribution >= 4 is 11.6 Å². The molecule has 0 aliphatic heterocycles. The monoisotopic (exact) mass is 319 g/mol. The Hall–Kier alpha value is -1.71. The average Bonchev–Trinajstić information content (AvgIpc) is 2.54. The summed E-state index contributed by atoms with van der Waals surface area (Å²) in [5.74, 6) is 1.40. The first-order valence-corrected chi connectivity index (χ1v) is 7.86. The summed E-state index contributed by atoms with van der Waals surface area (Å²) in [6.45, 7) is 4.12. The first-order valence-electron chi connectivity index (χ1n) is 7.48. The Bertz CT molecular complexity index is 587. The Morgan fingerprint density at radius 2 is 1.86 bits per heavy atom. The molecule has 0 saturated carbocycles. The van der Waals surface area contributed by atoms with Gasteiger partial charge in [-0.25, -0.2) is 0 Å². The Balaban J connectivity index is 1.92. The highest BCUT2D eigenvalue weighted by atomic mass is 35.5. The van der Waals surface area contributed by atoms with Gasteiger partial charge in [0.25, 0.3) is 0 Å². The van der Waals surface area contributed by atoms with E-state index in [1.165, 1.54) is 5.56 Å². The van der Waals surface area contributed by atoms with E-state index >= 15 is 0 Å². The van der Waals surface area contributed by atoms with Crippen LogP contribution in [0.2, 0.25) is 5.02 Å². The van der Waals surface area contributed by atoms with Crippen LogP contribution in [0.4, 0.5) is 0 Å². The largest absolute Gasteiger partial charge is 0.493 e. The van der Waals surface area contributed by atoms with Crippen LogP contribution in [0.1, 0.15) is 18.1 Å². The minimum absolute atomic E-state index is 0.585. The third-order valence-corrected chi connectivity index (χ3v) is 3.73. The van der Waals surface area contributed by atoms with Crippen molar-refractivity contribution in [3.8, 4) is 11.5 Å². The maximum absolute atomic E-state index is 6.31. The second-order valence-corrected chi connectivity index (χ2v) is 5.35. The number of methoxy groups -OCH3 is 1. The molecule has 0 bridgehead atoms. The summed E-state index contributed by atoms with van der Waals surface area (Å²) in [7, 11) is 1.64. The van der Waals surface area contributed by atoms with Gasteiger partial charge in [0.05, 0.1) is 13.7 Å². The van der Waals surface area contributed by atoms with E-state index in [1.54, 1.807) is 7.11 Å². The molecule has 22 heavy (non-hydrogen) atoms. The number of nitrogens with one attached hydrogen (secondary N) is 1. The van der Waals surface area contributed by atoms with Gasteiger partial charge in [-0.1, -0.05) is 41.9 Å². The molecule has 2 rings (SSSR count). The first-order chi connectivity index (χ1) is 10.7. The number of hydrogen-bond donors (Lipinski definition) is 1. The van der Waals surface area contributed by atoms with E-state index < -0.39 is 0 Å². The van der Waals surface area contributed by atoms with Gasteiger partial charge in [0.1, 0.15) is 0 Å². The summed E-state index contributed by atoms with van der Waals surface area (Å²) in [4.78, 5) is 0. The van der Waals surface area contributed by atoms with Crippen LogP contribution in [-0.4, -0.2) is 20.3 Å². The molecule has 0 unspecified atom stereocenters. The lowest BCUT2D eigenvalue weighted by Gasteiger charge is -2.13. The van der Waals surface area contributed by atoms with E-state index in [-0.39, 0.29) is 0 Å². The number of hydrogen-bond acceptors (Lipinski definition) is 3. The molecule has 0 saturated heterocycles. The number of rotatable bonds is 8. The van der Waals surface area contributed by atoms with E-state index in [4.69, 9.17) is 21.1 Å². The second-order valence-electron chi connectivity index (χ2n) is 4.94. The van der Waals surface area contributed by atoms with E-state index in [9.17, 15) is 0 Å². The molecule has 0 heterocycles. The van der Waals surface area contributed by atoms with Gasteiger partial charge >= 0.3 is 0 Å². The Morgan fingerprint density at radius 3 is 2.55 bits per heavy atom. The zero-order chi connectivity index (χ0) is 15.8. The van der Waals surface area contributed by atoms with Gasteiger partial charge in [0.15, 0.2) is 11.5 Å². The molecular formula is C18H22ClNO2. The molecule has 0 fully saturated rings. The topological polar surface area (TPSA) is 30.5 Å². The third-order valence-electron chi connectivity index (χ3n) is 3.38. The van der Waals surface area contributed by atoms with Crippen LogP contribution in [0.3, 0.4) is 0 Å². The van der Waals surface area contributed by atoms with Crippen LogP contribution in [0.15, 0.2) is 42.5 Å². The molecule has 1 N–H and O–H groups in total. The van der Waals surface area contributed by atoms with Crippen molar-refractivity contribution in [2.24, 2.45) is 0 Å². The van der Waals surface area contributed by atoms with Crippen LogP contribution in [0.25, 0.3) is 0 Å². The van der Waals surface area contributed by atoms with Crippen molar-refractivity contribution in [2.75, 3.05) is 20.3 Å². The second kappa shape index (κ2) is 8.66. The highest BCUT2D eigenvalue weighted by Crippen LogP contribution is 2.33. The molecule has 4 heteroatoms. The average molecular weight is 320 g/mol. The molecule has 3 nitrogen and oxygen atoms in total. The third kappa shape index (κ3) is 4.65. The van der Waals surface area contributed by atoms with Gasteiger partial charge in [-0.2, -0.15) is 0 Å². The van der Waals surface area contributed by atoms with Gasteiger partial charge in [-0.3, -0.25) is 0 Å². The summed E-state index contributed by atoms with van der Waals surface area (Å²) >= 11 is 6.31. The summed E-state index contributed by atoms with van der Waals surface area (Å²) in [6.07, 6.45) is 0.993. The van der Waals surface area contributed by atoms with Crippen molar-refractivity contribution in [3.05, 3.63) is 58.6 Å². The van der Waals surface area contributed by atoms with Crippen molar-refractivity contribution < 1.29 is 9.47 Å². The zero-order valence-corrected chi connectivity index (χ0v) is 13.8. The van der Waals surface area contributed by atoms with Gasteiger partial charge < -0.3 is 14.8 Å². The van der Waals surface area contributed by atoms with E-state index in [0.29, 0.717) is 29.7 Å². The molecule has 2 aromatic carbocycles. The van der Waals surface area contributed by atoms with Crippen molar-refractivity contribution in [1.82, 2.24) is 5.32 Å². The molecule has 0 aliphatic rings. The quantitative estimate of drug-likeness (QED) is 0.744. The van der Waals surface area contributed by atoms with Crippen molar-refractivity contribution in [1.29, 1.82) is 0 Å². The number of benzene rings is 2. The van der Waals surface area contributed by atoms with Crippen LogP contribution in [-0.2, 0) is 13.0 Å². The fourth-order valence-electron chi connectivity index (χ4n) is 2.24. The maximum atomic E-state index is 6.31. The van der Waals surface area contributed by atoms with Crippen LogP contribution < -0.4 is 14.8 Å². The van der Waals surface area contributed by atoms with Gasteiger partial charge in [-0.15, -0.1) is 0 Å². The highest BCUT2D eigenvalue weighted by Gasteiger charge is 2.10. The van der Waals surface area contributed by atoms with Crippen molar-refractivity contribution in [3.63, 3.8) is 0 Å². The predicted octanol–water partition coefficient (Wildman–Crippen LogP) is 4.08. The summed E-state index contributed by atoms with van der Waals surface area (Å²) in [6, 6.07) is 14.2. The first kappa shape index (κ1) is 16.7. The molecule has 0 radical (unpaired) electrons. The highest BCUT2D eigenvalue weighted by molar-refractivity contribution is 6.31. The van der Waals surface area contributed by atoms with Gasteiger partial charge in [0, 0.05) is 17.6 Å². The molecule has 0 aromatic heterocycles. The smallest absolute Gasteiger partial charge is 0.162 e. The van der Waals surface area contributed by atoms with E-state index in [0.717, 1.165) is 18.5 Å². The molecular weight excluding hydrogens is 298 g/mol. The SMILES string of the molecule is CCOc1cc(Cl)c(CNCCc2ccccc2)cc1OC. The van der Waals surface area contributed by atoms with E-state index in [1.807, 2.05) is 25.1 Å². The summed E-state index contributed by atoms with van der Waals surface area (Å²) in [5, 5.41) is 4.10. The lowest BCUT2D eigenvalue weighted by Crippen LogP contribution is -2.17. The Labute approximate surface area is 137 Å². The fraction of sp³-hybridized carbons (Fsp3) is 0.333. The molecule has 2 aromatic rings. The summed E-state index contributed by atoms with van der Waals surface area (Å²) in [5.41, 5.74) is 2.33. The van der Waals surface area contributed by atoms with Crippen LogP contribution >= 0.6 is 11.6 Å². The number of ether oxygens (including phenoxy) is 2. The maximum Gasteiger partial charge on any atom is 0.162 e. The molecule has 0 atom stereocenters. The lowest BCUT2D eigenvalue weighted by atomic mass is 10.1. The molecule has 118 valence electrons. The predicted molar refractivity (Wildman–Crippen MR) is 91.0 cm³/mol. The summed E-state index contributed by atoms with van der Waals surface area (Å²) < 4.78 is 10.9. The Kier molecular flexibility index (Phi) is 6.56.